The maximum Gasteiger partial charge on any atom is 0.265 e. The number of halogens is 3. The summed E-state index contributed by atoms with van der Waals surface area (Å²) in [4.78, 5) is 0. The molecular weight excluding hydrogens is 230 g/mol. The number of hydrogen-bond acceptors (Lipinski definition) is 2. The lowest BCUT2D eigenvalue weighted by atomic mass is 10.2. The molecule has 1 rings (SSSR count). The van der Waals surface area contributed by atoms with E-state index in [4.69, 9.17) is 5.84 Å². The number of hydrazine groups is 1. The van der Waals surface area contributed by atoms with Crippen LogP contribution in [-0.4, -0.2) is 0 Å². The van der Waals surface area contributed by atoms with Crippen LogP contribution in [0.5, 0.6) is 0 Å². The second kappa shape index (κ2) is 3.82. The molecule has 1 aromatic carbocycles. The average Bonchev–Trinajstić information content (AvgIpc) is 2.03. The second-order valence-corrected chi connectivity index (χ2v) is 3.09. The Labute approximate surface area is 76.9 Å². The van der Waals surface area contributed by atoms with Crippen LogP contribution in [-0.2, 0) is 0 Å². The molecule has 0 saturated heterocycles. The third-order valence-corrected chi connectivity index (χ3v) is 1.90. The highest BCUT2D eigenvalue weighted by Crippen LogP contribution is 2.28. The number of nitrogen functional groups attached to an aromatic ring is 1. The number of nitrogens with one attached hydrogen (secondary N) is 1. The van der Waals surface area contributed by atoms with Crippen molar-refractivity contribution in [3.05, 3.63) is 28.2 Å². The lowest BCUT2D eigenvalue weighted by Crippen LogP contribution is -2.09. The maximum atomic E-state index is 12.2. The van der Waals surface area contributed by atoms with Gasteiger partial charge in [-0.15, -0.1) is 0 Å². The molecular formula is C7H7BrF2N2. The first-order valence-corrected chi connectivity index (χ1v) is 3.98. The monoisotopic (exact) mass is 236 g/mol. The Kier molecular flexibility index (Phi) is 2.99. The van der Waals surface area contributed by atoms with E-state index in [0.29, 0.717) is 4.47 Å². The van der Waals surface area contributed by atoms with Crippen LogP contribution < -0.4 is 11.3 Å². The third-order valence-electron chi connectivity index (χ3n) is 1.41. The fraction of sp³-hybridized carbons (Fsp3) is 0.143. The second-order valence-electron chi connectivity index (χ2n) is 2.18. The standard InChI is InChI=1S/C7H7BrF2N2/c8-4-1-2-5(7(9)10)6(3-4)12-11/h1-3,7,12H,11H2. The first-order chi connectivity index (χ1) is 5.65. The zero-order valence-corrected chi connectivity index (χ0v) is 7.61. The van der Waals surface area contributed by atoms with Gasteiger partial charge in [-0.1, -0.05) is 22.0 Å². The van der Waals surface area contributed by atoms with Crippen LogP contribution >= 0.6 is 15.9 Å². The summed E-state index contributed by atoms with van der Waals surface area (Å²) in [5, 5.41) is 0. The lowest BCUT2D eigenvalue weighted by Gasteiger charge is -2.07. The van der Waals surface area contributed by atoms with E-state index < -0.39 is 6.43 Å². The van der Waals surface area contributed by atoms with Crippen LogP contribution in [0.1, 0.15) is 12.0 Å². The Bertz CT molecular complexity index is 278. The van der Waals surface area contributed by atoms with Gasteiger partial charge in [-0.05, 0) is 12.1 Å². The predicted molar refractivity (Wildman–Crippen MR) is 46.9 cm³/mol. The molecule has 1 aromatic rings. The Balaban J connectivity index is 3.11. The lowest BCUT2D eigenvalue weighted by molar-refractivity contribution is 0.152. The molecule has 0 bridgehead atoms. The van der Waals surface area contributed by atoms with Crippen LogP contribution in [0, 0.1) is 0 Å². The minimum atomic E-state index is -2.51. The Morgan fingerprint density at radius 1 is 1.42 bits per heavy atom. The first kappa shape index (κ1) is 9.41. The van der Waals surface area contributed by atoms with Crippen LogP contribution in [0.4, 0.5) is 14.5 Å². The molecule has 0 aromatic heterocycles. The molecule has 0 aliphatic rings. The van der Waals surface area contributed by atoms with Crippen molar-refractivity contribution in [1.82, 2.24) is 0 Å². The van der Waals surface area contributed by atoms with Crippen molar-refractivity contribution in [1.29, 1.82) is 0 Å². The van der Waals surface area contributed by atoms with E-state index in [1.165, 1.54) is 12.1 Å². The van der Waals surface area contributed by atoms with Gasteiger partial charge in [-0.2, -0.15) is 0 Å². The maximum absolute atomic E-state index is 12.2. The van der Waals surface area contributed by atoms with Gasteiger partial charge in [0.1, 0.15) is 0 Å². The predicted octanol–water partition coefficient (Wildman–Crippen LogP) is 2.67. The molecule has 3 N–H and O–H groups in total. The number of anilines is 1. The highest BCUT2D eigenvalue weighted by Gasteiger charge is 2.11. The summed E-state index contributed by atoms with van der Waals surface area (Å²) in [5.41, 5.74) is 2.35. The minimum absolute atomic E-state index is 0.0966. The SMILES string of the molecule is NNc1cc(Br)ccc1C(F)F. The third kappa shape index (κ3) is 1.92. The first-order valence-electron chi connectivity index (χ1n) is 3.19. The van der Waals surface area contributed by atoms with E-state index in [-0.39, 0.29) is 11.3 Å². The van der Waals surface area contributed by atoms with Crippen molar-refractivity contribution in [3.8, 4) is 0 Å². The summed E-state index contributed by atoms with van der Waals surface area (Å²) in [6, 6.07) is 4.37. The number of rotatable bonds is 2. The molecule has 0 fully saturated rings. The molecule has 0 heterocycles. The van der Waals surface area contributed by atoms with Gasteiger partial charge in [0.15, 0.2) is 0 Å². The molecule has 2 nitrogen and oxygen atoms in total. The molecule has 0 saturated carbocycles. The van der Waals surface area contributed by atoms with Crippen molar-refractivity contribution >= 4 is 21.6 Å². The zero-order chi connectivity index (χ0) is 9.14. The quantitative estimate of drug-likeness (QED) is 0.613. The van der Waals surface area contributed by atoms with Gasteiger partial charge in [0, 0.05) is 10.0 Å². The Morgan fingerprint density at radius 2 is 2.08 bits per heavy atom. The van der Waals surface area contributed by atoms with Gasteiger partial charge in [0.2, 0.25) is 0 Å². The Morgan fingerprint density at radius 3 is 2.58 bits per heavy atom. The van der Waals surface area contributed by atoms with Crippen molar-refractivity contribution < 1.29 is 8.78 Å². The van der Waals surface area contributed by atoms with E-state index in [2.05, 4.69) is 21.4 Å². The molecule has 0 spiro atoms. The molecule has 0 amide bonds. The molecule has 12 heavy (non-hydrogen) atoms. The fourth-order valence-corrected chi connectivity index (χ4v) is 1.20. The zero-order valence-electron chi connectivity index (χ0n) is 6.02. The normalized spacial score (nSPS) is 10.4. The van der Waals surface area contributed by atoms with Crippen molar-refractivity contribution in [2.24, 2.45) is 5.84 Å². The molecule has 66 valence electrons. The number of hydrogen-bond donors (Lipinski definition) is 2. The fourth-order valence-electron chi connectivity index (χ4n) is 0.844. The summed E-state index contributed by atoms with van der Waals surface area (Å²) in [6.45, 7) is 0. The van der Waals surface area contributed by atoms with Gasteiger partial charge in [0.25, 0.3) is 6.43 Å². The van der Waals surface area contributed by atoms with Gasteiger partial charge in [-0.25, -0.2) is 8.78 Å². The van der Waals surface area contributed by atoms with Crippen LogP contribution in [0.2, 0.25) is 0 Å². The number of alkyl halides is 2. The van der Waals surface area contributed by atoms with Crippen molar-refractivity contribution in [2.45, 2.75) is 6.43 Å². The summed E-state index contributed by atoms with van der Waals surface area (Å²) >= 11 is 3.15. The summed E-state index contributed by atoms with van der Waals surface area (Å²) in [7, 11) is 0. The largest absolute Gasteiger partial charge is 0.324 e. The molecule has 0 unspecified atom stereocenters. The van der Waals surface area contributed by atoms with Gasteiger partial charge < -0.3 is 5.43 Å². The van der Waals surface area contributed by atoms with Crippen LogP contribution in [0.3, 0.4) is 0 Å². The number of nitrogens with two attached hydrogens (primary N) is 1. The van der Waals surface area contributed by atoms with Crippen molar-refractivity contribution in [2.75, 3.05) is 5.43 Å². The average molecular weight is 237 g/mol. The van der Waals surface area contributed by atoms with Gasteiger partial charge in [-0.3, -0.25) is 5.84 Å². The highest BCUT2D eigenvalue weighted by atomic mass is 79.9. The topological polar surface area (TPSA) is 38.0 Å². The molecule has 0 aliphatic heterocycles. The van der Waals surface area contributed by atoms with E-state index in [1.807, 2.05) is 0 Å². The minimum Gasteiger partial charge on any atom is -0.324 e. The Hall–Kier alpha value is -0.680. The van der Waals surface area contributed by atoms with E-state index in [9.17, 15) is 8.78 Å². The van der Waals surface area contributed by atoms with E-state index in [0.717, 1.165) is 0 Å². The van der Waals surface area contributed by atoms with E-state index in [1.54, 1.807) is 6.07 Å². The summed E-state index contributed by atoms with van der Waals surface area (Å²) < 4.78 is 25.2. The van der Waals surface area contributed by atoms with Crippen molar-refractivity contribution in [3.63, 3.8) is 0 Å². The molecule has 0 atom stereocenters. The summed E-state index contributed by atoms with van der Waals surface area (Å²) in [5.74, 6) is 5.05. The molecule has 0 aliphatic carbocycles. The highest BCUT2D eigenvalue weighted by molar-refractivity contribution is 9.10. The number of benzene rings is 1. The van der Waals surface area contributed by atoms with Gasteiger partial charge in [0.05, 0.1) is 5.69 Å². The van der Waals surface area contributed by atoms with Gasteiger partial charge >= 0.3 is 0 Å². The smallest absolute Gasteiger partial charge is 0.265 e. The van der Waals surface area contributed by atoms with Crippen LogP contribution in [0.25, 0.3) is 0 Å². The van der Waals surface area contributed by atoms with E-state index >= 15 is 0 Å². The summed E-state index contributed by atoms with van der Waals surface area (Å²) in [6.07, 6.45) is -2.51. The van der Waals surface area contributed by atoms with Crippen LogP contribution in [0.15, 0.2) is 22.7 Å². The molecule has 0 radical (unpaired) electrons. The molecule has 5 heteroatoms.